The van der Waals surface area contributed by atoms with Crippen LogP contribution in [0.3, 0.4) is 0 Å². The van der Waals surface area contributed by atoms with Crippen LogP contribution < -0.4 is 10.2 Å². The van der Waals surface area contributed by atoms with E-state index in [0.717, 1.165) is 27.5 Å². The van der Waals surface area contributed by atoms with Crippen LogP contribution >= 0.6 is 0 Å². The highest BCUT2D eigenvalue weighted by Crippen LogP contribution is 2.29. The van der Waals surface area contributed by atoms with Gasteiger partial charge in [-0.15, -0.1) is 0 Å². The van der Waals surface area contributed by atoms with Gasteiger partial charge in [0.25, 0.3) is 5.91 Å². The number of hydrogen-bond acceptors (Lipinski definition) is 6. The van der Waals surface area contributed by atoms with E-state index in [9.17, 15) is 4.79 Å². The lowest BCUT2D eigenvalue weighted by Crippen LogP contribution is -2.42. The van der Waals surface area contributed by atoms with Crippen LogP contribution in [0.1, 0.15) is 0 Å². The Bertz CT molecular complexity index is 1160. The van der Waals surface area contributed by atoms with Gasteiger partial charge in [-0.3, -0.25) is 19.8 Å². The Hall–Kier alpha value is -3.52. The zero-order valence-corrected chi connectivity index (χ0v) is 14.3. The number of morpholine rings is 1. The van der Waals surface area contributed by atoms with Crippen LogP contribution in [0.5, 0.6) is 0 Å². The third-order valence-electron chi connectivity index (χ3n) is 4.57. The Balaban J connectivity index is 1.52. The second-order valence-electron chi connectivity index (χ2n) is 6.27. The number of H-pyrrole nitrogens is 1. The number of carbonyl (C=O) groups excluding carboxylic acids is 1. The number of hydrogen-bond donors (Lipinski definition) is 2. The normalized spacial score (nSPS) is 14.8. The number of pyridine rings is 2. The maximum atomic E-state index is 12.2. The minimum absolute atomic E-state index is 0.0717. The third kappa shape index (κ3) is 2.76. The molecule has 5 rings (SSSR count). The van der Waals surface area contributed by atoms with Gasteiger partial charge in [-0.1, -0.05) is 0 Å². The lowest BCUT2D eigenvalue weighted by Gasteiger charge is -2.26. The predicted octanol–water partition coefficient (Wildman–Crippen LogP) is 2.61. The lowest BCUT2D eigenvalue weighted by molar-refractivity contribution is -0.125. The van der Waals surface area contributed by atoms with E-state index < -0.39 is 0 Å². The predicted molar refractivity (Wildman–Crippen MR) is 102 cm³/mol. The molecule has 2 N–H and O–H groups in total. The molecule has 8 nitrogen and oxygen atoms in total. The molecule has 0 saturated carbocycles. The number of nitrogens with one attached hydrogen (secondary N) is 2. The molecular weight excluding hydrogens is 344 g/mol. The molecule has 0 unspecified atom stereocenters. The van der Waals surface area contributed by atoms with Crippen molar-refractivity contribution in [1.29, 1.82) is 0 Å². The van der Waals surface area contributed by atoms with Gasteiger partial charge in [-0.05, 0) is 41.8 Å². The molecule has 4 heterocycles. The summed E-state index contributed by atoms with van der Waals surface area (Å²) >= 11 is 0. The molecule has 27 heavy (non-hydrogen) atoms. The number of fused-ring (bicyclic) bond motifs is 2. The van der Waals surface area contributed by atoms with Crippen molar-refractivity contribution < 1.29 is 9.53 Å². The van der Waals surface area contributed by atoms with Crippen molar-refractivity contribution in [3.8, 4) is 0 Å². The van der Waals surface area contributed by atoms with Crippen molar-refractivity contribution in [3.05, 3.63) is 48.8 Å². The Morgan fingerprint density at radius 2 is 2.11 bits per heavy atom. The Morgan fingerprint density at radius 3 is 3.04 bits per heavy atom. The van der Waals surface area contributed by atoms with Gasteiger partial charge in [0.2, 0.25) is 0 Å². The maximum Gasteiger partial charge on any atom is 0.254 e. The fraction of sp³-hybridized carbons (Fsp3) is 0.158. The second kappa shape index (κ2) is 6.33. The van der Waals surface area contributed by atoms with Crippen LogP contribution in [0.15, 0.2) is 48.8 Å². The van der Waals surface area contributed by atoms with E-state index in [0.29, 0.717) is 24.8 Å². The molecule has 8 heteroatoms. The summed E-state index contributed by atoms with van der Waals surface area (Å²) in [7, 11) is 0. The highest BCUT2D eigenvalue weighted by atomic mass is 16.5. The molecule has 0 bridgehead atoms. The first-order valence-electron chi connectivity index (χ1n) is 8.62. The quantitative estimate of drug-likeness (QED) is 0.583. The van der Waals surface area contributed by atoms with Gasteiger partial charge in [0.15, 0.2) is 5.82 Å². The first-order valence-corrected chi connectivity index (χ1v) is 8.62. The largest absolute Gasteiger partial charge is 0.370 e. The highest BCUT2D eigenvalue weighted by Gasteiger charge is 2.23. The number of amides is 1. The molecule has 1 aliphatic rings. The molecule has 1 amide bonds. The second-order valence-corrected chi connectivity index (χ2v) is 6.27. The van der Waals surface area contributed by atoms with Crippen LogP contribution in [0.2, 0.25) is 0 Å². The van der Waals surface area contributed by atoms with Gasteiger partial charge in [-0.25, -0.2) is 4.98 Å². The fourth-order valence-electron chi connectivity index (χ4n) is 3.27. The van der Waals surface area contributed by atoms with Gasteiger partial charge >= 0.3 is 0 Å². The van der Waals surface area contributed by atoms with Crippen molar-refractivity contribution in [2.45, 2.75) is 0 Å². The number of aromatic amines is 1. The average molecular weight is 360 g/mol. The van der Waals surface area contributed by atoms with Crippen LogP contribution in [-0.2, 0) is 9.53 Å². The van der Waals surface area contributed by atoms with Gasteiger partial charge in [0, 0.05) is 23.5 Å². The van der Waals surface area contributed by atoms with Crippen LogP contribution in [-0.4, -0.2) is 45.8 Å². The average Bonchev–Trinajstić information content (AvgIpc) is 3.11. The summed E-state index contributed by atoms with van der Waals surface area (Å²) in [4.78, 5) is 22.6. The first kappa shape index (κ1) is 15.7. The van der Waals surface area contributed by atoms with E-state index in [1.807, 2.05) is 36.4 Å². The summed E-state index contributed by atoms with van der Waals surface area (Å²) in [6.07, 6.45) is 3.45. The van der Waals surface area contributed by atoms with Gasteiger partial charge in [-0.2, -0.15) is 5.10 Å². The zero-order valence-electron chi connectivity index (χ0n) is 14.3. The van der Waals surface area contributed by atoms with Crippen LogP contribution in [0.4, 0.5) is 17.3 Å². The van der Waals surface area contributed by atoms with E-state index in [-0.39, 0.29) is 12.5 Å². The molecule has 134 valence electrons. The lowest BCUT2D eigenvalue weighted by atomic mass is 10.1. The van der Waals surface area contributed by atoms with Gasteiger partial charge in [0.05, 0.1) is 18.7 Å². The molecule has 1 aliphatic heterocycles. The number of ether oxygens (including phenoxy) is 1. The molecule has 1 saturated heterocycles. The smallest absolute Gasteiger partial charge is 0.254 e. The van der Waals surface area contributed by atoms with E-state index in [1.54, 1.807) is 17.3 Å². The Morgan fingerprint density at radius 1 is 1.15 bits per heavy atom. The molecular formula is C19H16N6O2. The zero-order chi connectivity index (χ0) is 18.2. The first-order chi connectivity index (χ1) is 13.3. The number of benzene rings is 1. The van der Waals surface area contributed by atoms with Crippen molar-refractivity contribution in [2.75, 3.05) is 30.0 Å². The topological polar surface area (TPSA) is 96.0 Å². The highest BCUT2D eigenvalue weighted by molar-refractivity contribution is 6.03. The van der Waals surface area contributed by atoms with Crippen LogP contribution in [0, 0.1) is 0 Å². The standard InChI is InChI=1S/C19H16N6O2/c26-16-11-27-9-8-25(16)19-14-4-3-13(10-12(14)5-7-21-19)22-18-17-15(23-24-18)2-1-6-20-17/h1-7,10H,8-9,11H2,(H2,22,23,24). The molecule has 1 fully saturated rings. The monoisotopic (exact) mass is 360 g/mol. The molecule has 1 aromatic carbocycles. The molecule has 0 aliphatic carbocycles. The fourth-order valence-corrected chi connectivity index (χ4v) is 3.27. The Labute approximate surface area is 154 Å². The van der Waals surface area contributed by atoms with Gasteiger partial charge in [0.1, 0.15) is 17.9 Å². The van der Waals surface area contributed by atoms with E-state index in [2.05, 4.69) is 25.5 Å². The summed E-state index contributed by atoms with van der Waals surface area (Å²) in [6, 6.07) is 11.6. The minimum Gasteiger partial charge on any atom is -0.370 e. The summed E-state index contributed by atoms with van der Waals surface area (Å²) < 4.78 is 5.21. The SMILES string of the molecule is O=C1COCCN1c1nccc2cc(Nc3n[nH]c4cccnc34)ccc12. The summed E-state index contributed by atoms with van der Waals surface area (Å²) in [5.74, 6) is 1.26. The minimum atomic E-state index is -0.0717. The summed E-state index contributed by atoms with van der Waals surface area (Å²) in [6.45, 7) is 1.12. The van der Waals surface area contributed by atoms with Crippen LogP contribution in [0.25, 0.3) is 21.8 Å². The van der Waals surface area contributed by atoms with Crippen molar-refractivity contribution in [1.82, 2.24) is 20.2 Å². The Kier molecular flexibility index (Phi) is 3.68. The molecule has 0 atom stereocenters. The summed E-state index contributed by atoms with van der Waals surface area (Å²) in [5, 5.41) is 12.5. The molecule has 0 spiro atoms. The maximum absolute atomic E-state index is 12.2. The number of anilines is 3. The summed E-state index contributed by atoms with van der Waals surface area (Å²) in [5.41, 5.74) is 2.54. The number of aromatic nitrogens is 4. The number of nitrogens with zero attached hydrogens (tertiary/aromatic N) is 4. The number of rotatable bonds is 3. The van der Waals surface area contributed by atoms with E-state index in [4.69, 9.17) is 4.74 Å². The van der Waals surface area contributed by atoms with Crippen molar-refractivity contribution in [3.63, 3.8) is 0 Å². The molecule has 3 aromatic heterocycles. The van der Waals surface area contributed by atoms with Crippen molar-refractivity contribution in [2.24, 2.45) is 0 Å². The third-order valence-corrected chi connectivity index (χ3v) is 4.57. The number of carbonyl (C=O) groups is 1. The van der Waals surface area contributed by atoms with Crippen molar-refractivity contribution >= 4 is 45.0 Å². The molecule has 4 aromatic rings. The van der Waals surface area contributed by atoms with E-state index in [1.165, 1.54) is 0 Å². The van der Waals surface area contributed by atoms with E-state index >= 15 is 0 Å². The van der Waals surface area contributed by atoms with Gasteiger partial charge < -0.3 is 10.1 Å². The molecule has 0 radical (unpaired) electrons.